The maximum Gasteiger partial charge on any atom is 0.410 e. The van der Waals surface area contributed by atoms with Crippen LogP contribution in [-0.2, 0) is 4.74 Å². The molecule has 0 radical (unpaired) electrons. The molecule has 0 aliphatic heterocycles. The lowest BCUT2D eigenvalue weighted by Crippen LogP contribution is -2.43. The van der Waals surface area contributed by atoms with E-state index < -0.39 is 0 Å². The number of hydrogen-bond donors (Lipinski definition) is 0. The second kappa shape index (κ2) is 3.79. The lowest BCUT2D eigenvalue weighted by molar-refractivity contribution is 0.0460. The number of hydrogen-bond acceptors (Lipinski definition) is 2. The minimum atomic E-state index is -0.211. The third-order valence-corrected chi connectivity index (χ3v) is 2.85. The molecule has 3 heteroatoms. The number of ether oxygens (including phenoxy) is 1. The predicted molar refractivity (Wildman–Crippen MR) is 56.2 cm³/mol. The van der Waals surface area contributed by atoms with Gasteiger partial charge >= 0.3 is 6.09 Å². The molecule has 3 nitrogen and oxygen atoms in total. The first-order chi connectivity index (χ1) is 6.32. The third kappa shape index (κ3) is 2.89. The summed E-state index contributed by atoms with van der Waals surface area (Å²) in [6.07, 6.45) is 2.27. The average Bonchev–Trinajstić information content (AvgIpc) is 2.82. The first-order valence-corrected chi connectivity index (χ1v) is 5.27. The minimum absolute atomic E-state index is 0.0762. The molecule has 1 saturated carbocycles. The van der Waals surface area contributed by atoms with Crippen LogP contribution in [0.2, 0.25) is 0 Å². The topological polar surface area (TPSA) is 29.5 Å². The molecule has 1 fully saturated rings. The van der Waals surface area contributed by atoms with Crippen molar-refractivity contribution < 1.29 is 9.53 Å². The van der Waals surface area contributed by atoms with Crippen LogP contribution in [-0.4, -0.2) is 29.7 Å². The first kappa shape index (κ1) is 11.3. The van der Waals surface area contributed by atoms with E-state index in [1.54, 1.807) is 11.9 Å². The Labute approximate surface area is 86.4 Å². The molecule has 1 unspecified atom stereocenters. The van der Waals surface area contributed by atoms with Crippen LogP contribution in [0.25, 0.3) is 0 Å². The highest BCUT2D eigenvalue weighted by atomic mass is 16.6. The highest BCUT2D eigenvalue weighted by molar-refractivity contribution is 5.68. The molecule has 0 saturated heterocycles. The Bertz CT molecular complexity index is 216. The fourth-order valence-corrected chi connectivity index (χ4v) is 1.17. The Balaban J connectivity index is 2.40. The van der Waals surface area contributed by atoms with Crippen molar-refractivity contribution in [2.24, 2.45) is 5.92 Å². The third-order valence-electron chi connectivity index (χ3n) is 2.85. The van der Waals surface area contributed by atoms with Gasteiger partial charge < -0.3 is 9.64 Å². The van der Waals surface area contributed by atoms with Crippen LogP contribution in [0.1, 0.15) is 40.5 Å². The molecule has 1 rings (SSSR count). The number of rotatable bonds is 2. The molecule has 1 atom stereocenters. The molecule has 0 heterocycles. The summed E-state index contributed by atoms with van der Waals surface area (Å²) in [6, 6.07) is 0. The zero-order chi connectivity index (χ0) is 10.9. The highest BCUT2D eigenvalue weighted by Crippen LogP contribution is 2.34. The molecule has 1 aliphatic rings. The second-order valence-electron chi connectivity index (χ2n) is 5.16. The van der Waals surface area contributed by atoms with Gasteiger partial charge in [0.2, 0.25) is 0 Å². The molecule has 14 heavy (non-hydrogen) atoms. The normalized spacial score (nSPS) is 18.9. The minimum Gasteiger partial charge on any atom is -0.446 e. The summed E-state index contributed by atoms with van der Waals surface area (Å²) < 4.78 is 5.35. The van der Waals surface area contributed by atoms with Crippen molar-refractivity contribution in [1.82, 2.24) is 4.90 Å². The van der Waals surface area contributed by atoms with E-state index in [4.69, 9.17) is 4.74 Å². The van der Waals surface area contributed by atoms with E-state index in [9.17, 15) is 4.79 Å². The van der Waals surface area contributed by atoms with Crippen molar-refractivity contribution in [2.45, 2.75) is 52.2 Å². The number of carbonyl (C=O) groups is 1. The molecule has 82 valence electrons. The molecule has 0 aromatic heterocycles. The van der Waals surface area contributed by atoms with Gasteiger partial charge in [-0.25, -0.2) is 4.79 Å². The Morgan fingerprint density at radius 3 is 2.29 bits per heavy atom. The van der Waals surface area contributed by atoms with Gasteiger partial charge in [-0.1, -0.05) is 0 Å². The Hall–Kier alpha value is -0.730. The van der Waals surface area contributed by atoms with E-state index in [1.165, 1.54) is 12.8 Å². The summed E-state index contributed by atoms with van der Waals surface area (Å²) in [5, 5.41) is 0. The molecular formula is C11H21NO2. The van der Waals surface area contributed by atoms with Gasteiger partial charge in [-0.05, 0) is 46.5 Å². The summed E-state index contributed by atoms with van der Waals surface area (Å²) >= 11 is 0. The predicted octanol–water partition coefficient (Wildman–Crippen LogP) is 2.65. The van der Waals surface area contributed by atoms with Gasteiger partial charge in [-0.2, -0.15) is 0 Å². The van der Waals surface area contributed by atoms with Crippen LogP contribution in [0.3, 0.4) is 0 Å². The quantitative estimate of drug-likeness (QED) is 0.684. The van der Waals surface area contributed by atoms with Crippen molar-refractivity contribution in [1.29, 1.82) is 0 Å². The Morgan fingerprint density at radius 2 is 1.93 bits per heavy atom. The van der Waals surface area contributed by atoms with Crippen molar-refractivity contribution in [3.63, 3.8) is 0 Å². The van der Waals surface area contributed by atoms with Gasteiger partial charge in [-0.3, -0.25) is 0 Å². The highest BCUT2D eigenvalue weighted by Gasteiger charge is 2.32. The maximum atomic E-state index is 11.6. The average molecular weight is 199 g/mol. The van der Waals surface area contributed by atoms with Gasteiger partial charge in [0.05, 0.1) is 0 Å². The van der Waals surface area contributed by atoms with E-state index in [-0.39, 0.29) is 17.7 Å². The van der Waals surface area contributed by atoms with E-state index in [1.807, 2.05) is 27.7 Å². The van der Waals surface area contributed by atoms with E-state index in [2.05, 4.69) is 0 Å². The Kier molecular flexibility index (Phi) is 3.07. The van der Waals surface area contributed by atoms with Crippen LogP contribution < -0.4 is 0 Å². The van der Waals surface area contributed by atoms with Crippen molar-refractivity contribution >= 4 is 6.09 Å². The molecule has 0 aromatic carbocycles. The SMILES string of the molecule is CC(OC(=O)N(C)C(C)(C)C)C1CC1. The molecule has 1 amide bonds. The van der Waals surface area contributed by atoms with E-state index in [0.717, 1.165) is 0 Å². The van der Waals surface area contributed by atoms with Crippen LogP contribution in [0.5, 0.6) is 0 Å². The summed E-state index contributed by atoms with van der Waals surface area (Å²) in [4.78, 5) is 13.3. The van der Waals surface area contributed by atoms with Crippen LogP contribution in [0, 0.1) is 5.92 Å². The van der Waals surface area contributed by atoms with Gasteiger partial charge in [0.25, 0.3) is 0 Å². The second-order valence-corrected chi connectivity index (χ2v) is 5.16. The molecule has 0 N–H and O–H groups in total. The molecule has 0 spiro atoms. The lowest BCUT2D eigenvalue weighted by atomic mass is 10.1. The van der Waals surface area contributed by atoms with Gasteiger partial charge in [0.15, 0.2) is 0 Å². The summed E-state index contributed by atoms with van der Waals surface area (Å²) in [5.41, 5.74) is -0.166. The number of carbonyl (C=O) groups excluding carboxylic acids is 1. The fraction of sp³-hybridized carbons (Fsp3) is 0.909. The van der Waals surface area contributed by atoms with Crippen LogP contribution in [0.15, 0.2) is 0 Å². The molecule has 0 bridgehead atoms. The largest absolute Gasteiger partial charge is 0.446 e. The molecule has 1 aliphatic carbocycles. The van der Waals surface area contributed by atoms with E-state index >= 15 is 0 Å². The monoisotopic (exact) mass is 199 g/mol. The zero-order valence-corrected chi connectivity index (χ0v) is 9.83. The summed E-state index contributed by atoms with van der Waals surface area (Å²) in [5.74, 6) is 0.604. The van der Waals surface area contributed by atoms with Crippen molar-refractivity contribution in [2.75, 3.05) is 7.05 Å². The molecular weight excluding hydrogens is 178 g/mol. The van der Waals surface area contributed by atoms with E-state index in [0.29, 0.717) is 5.92 Å². The Morgan fingerprint density at radius 1 is 1.43 bits per heavy atom. The zero-order valence-electron chi connectivity index (χ0n) is 9.83. The summed E-state index contributed by atoms with van der Waals surface area (Å²) in [6.45, 7) is 7.97. The van der Waals surface area contributed by atoms with Crippen molar-refractivity contribution in [3.8, 4) is 0 Å². The summed E-state index contributed by atoms with van der Waals surface area (Å²) in [7, 11) is 1.78. The standard InChI is InChI=1S/C11H21NO2/c1-8(9-6-7-9)14-10(13)12(5)11(2,3)4/h8-9H,6-7H2,1-5H3. The first-order valence-electron chi connectivity index (χ1n) is 5.27. The van der Waals surface area contributed by atoms with Gasteiger partial charge in [0, 0.05) is 12.6 Å². The fourth-order valence-electron chi connectivity index (χ4n) is 1.17. The van der Waals surface area contributed by atoms with Crippen LogP contribution >= 0.6 is 0 Å². The van der Waals surface area contributed by atoms with Gasteiger partial charge in [-0.15, -0.1) is 0 Å². The van der Waals surface area contributed by atoms with Crippen molar-refractivity contribution in [3.05, 3.63) is 0 Å². The van der Waals surface area contributed by atoms with Crippen LogP contribution in [0.4, 0.5) is 4.79 Å². The lowest BCUT2D eigenvalue weighted by Gasteiger charge is -2.32. The van der Waals surface area contributed by atoms with Gasteiger partial charge in [0.1, 0.15) is 6.10 Å². The maximum absolute atomic E-state index is 11.6. The number of amides is 1. The number of nitrogens with zero attached hydrogens (tertiary/aromatic N) is 1. The molecule has 0 aromatic rings. The smallest absolute Gasteiger partial charge is 0.410 e.